The first-order valence-electron chi connectivity index (χ1n) is 4.44. The molecular formula is C9H12O3S. The van der Waals surface area contributed by atoms with Gasteiger partial charge in [0, 0.05) is 17.9 Å². The summed E-state index contributed by atoms with van der Waals surface area (Å²) >= 11 is 1.76. The summed E-state index contributed by atoms with van der Waals surface area (Å²) in [6.45, 7) is 1.31. The Morgan fingerprint density at radius 2 is 2.46 bits per heavy atom. The number of rotatable bonds is 2. The molecule has 3 nitrogen and oxygen atoms in total. The number of thioether (sulfide) groups is 1. The summed E-state index contributed by atoms with van der Waals surface area (Å²) in [4.78, 5) is 11.7. The van der Waals surface area contributed by atoms with Gasteiger partial charge in [0.15, 0.2) is 5.76 Å². The van der Waals surface area contributed by atoms with Gasteiger partial charge in [0.05, 0.1) is 13.2 Å². The predicted molar refractivity (Wildman–Crippen MR) is 50.7 cm³/mol. The Morgan fingerprint density at radius 3 is 3.08 bits per heavy atom. The van der Waals surface area contributed by atoms with Crippen LogP contribution in [0.15, 0.2) is 11.8 Å². The monoisotopic (exact) mass is 200 g/mol. The van der Waals surface area contributed by atoms with E-state index in [0.717, 1.165) is 17.9 Å². The number of carbonyl (C=O) groups excluding carboxylic acids is 1. The highest BCUT2D eigenvalue weighted by atomic mass is 32.2. The van der Waals surface area contributed by atoms with Gasteiger partial charge in [0.2, 0.25) is 5.78 Å². The van der Waals surface area contributed by atoms with Gasteiger partial charge in [-0.2, -0.15) is 11.8 Å². The van der Waals surface area contributed by atoms with E-state index in [-0.39, 0.29) is 11.9 Å². The molecule has 0 radical (unpaired) electrons. The van der Waals surface area contributed by atoms with Gasteiger partial charge in [0.25, 0.3) is 0 Å². The van der Waals surface area contributed by atoms with Crippen molar-refractivity contribution in [2.24, 2.45) is 0 Å². The van der Waals surface area contributed by atoms with Crippen LogP contribution in [0, 0.1) is 0 Å². The lowest BCUT2D eigenvalue weighted by Crippen LogP contribution is -2.32. The Bertz CT molecular complexity index is 231. The normalized spacial score (nSPS) is 28.0. The molecule has 0 N–H and O–H groups in total. The second-order valence-corrected chi connectivity index (χ2v) is 4.15. The Hall–Kier alpha value is -0.480. The predicted octanol–water partition coefficient (Wildman–Crippen LogP) is 0.992. The lowest BCUT2D eigenvalue weighted by molar-refractivity contribution is -0.128. The number of hydrogen-bond donors (Lipinski definition) is 0. The van der Waals surface area contributed by atoms with Gasteiger partial charge < -0.3 is 9.47 Å². The lowest BCUT2D eigenvalue weighted by atomic mass is 10.2. The van der Waals surface area contributed by atoms with E-state index in [1.807, 2.05) is 6.08 Å². The summed E-state index contributed by atoms with van der Waals surface area (Å²) in [5.74, 6) is 2.28. The Morgan fingerprint density at radius 1 is 1.54 bits per heavy atom. The SMILES string of the molecule is O=C(C1=CCCO1)C1CSCCO1. The van der Waals surface area contributed by atoms with Crippen LogP contribution in [0.4, 0.5) is 0 Å². The van der Waals surface area contributed by atoms with Crippen molar-refractivity contribution >= 4 is 17.5 Å². The molecule has 0 aromatic heterocycles. The third kappa shape index (κ3) is 2.06. The molecule has 2 rings (SSSR count). The standard InChI is InChI=1S/C9H12O3S/c10-9(7-2-1-3-11-7)8-6-13-5-4-12-8/h2,8H,1,3-6H2. The first-order chi connectivity index (χ1) is 6.38. The molecule has 0 aromatic rings. The molecule has 1 saturated heterocycles. The van der Waals surface area contributed by atoms with E-state index in [1.165, 1.54) is 0 Å². The van der Waals surface area contributed by atoms with Crippen LogP contribution < -0.4 is 0 Å². The van der Waals surface area contributed by atoms with Crippen molar-refractivity contribution in [3.8, 4) is 0 Å². The molecule has 1 unspecified atom stereocenters. The molecule has 0 aliphatic carbocycles. The molecule has 0 amide bonds. The summed E-state index contributed by atoms with van der Waals surface area (Å²) in [6.07, 6.45) is 2.43. The maximum atomic E-state index is 11.7. The van der Waals surface area contributed by atoms with Crippen LogP contribution >= 0.6 is 11.8 Å². The number of hydrogen-bond acceptors (Lipinski definition) is 4. The van der Waals surface area contributed by atoms with E-state index in [2.05, 4.69) is 0 Å². The van der Waals surface area contributed by atoms with Crippen molar-refractivity contribution in [1.29, 1.82) is 0 Å². The van der Waals surface area contributed by atoms with Crippen molar-refractivity contribution in [1.82, 2.24) is 0 Å². The Labute approximate surface area is 81.5 Å². The van der Waals surface area contributed by atoms with Crippen LogP contribution in [-0.4, -0.2) is 36.6 Å². The third-order valence-corrected chi connectivity index (χ3v) is 3.05. The average Bonchev–Trinajstić information content (AvgIpc) is 2.71. The lowest BCUT2D eigenvalue weighted by Gasteiger charge is -2.20. The number of ketones is 1. The molecule has 0 saturated carbocycles. The smallest absolute Gasteiger partial charge is 0.226 e. The topological polar surface area (TPSA) is 35.5 Å². The van der Waals surface area contributed by atoms with E-state index in [1.54, 1.807) is 11.8 Å². The van der Waals surface area contributed by atoms with Crippen LogP contribution in [0.3, 0.4) is 0 Å². The molecule has 2 heterocycles. The van der Waals surface area contributed by atoms with E-state index in [9.17, 15) is 4.79 Å². The highest BCUT2D eigenvalue weighted by molar-refractivity contribution is 7.99. The molecule has 2 aliphatic heterocycles. The highest BCUT2D eigenvalue weighted by Crippen LogP contribution is 2.19. The van der Waals surface area contributed by atoms with Crippen LogP contribution in [0.2, 0.25) is 0 Å². The zero-order valence-corrected chi connectivity index (χ0v) is 8.14. The summed E-state index contributed by atoms with van der Waals surface area (Å²) in [5.41, 5.74) is 0. The molecule has 4 heteroatoms. The van der Waals surface area contributed by atoms with Gasteiger partial charge >= 0.3 is 0 Å². The molecule has 0 spiro atoms. The van der Waals surface area contributed by atoms with E-state index in [0.29, 0.717) is 19.0 Å². The van der Waals surface area contributed by atoms with Gasteiger partial charge in [-0.15, -0.1) is 0 Å². The number of Topliss-reactive ketones (excluding diaryl/α,β-unsaturated/α-hetero) is 1. The fourth-order valence-electron chi connectivity index (χ4n) is 1.39. The van der Waals surface area contributed by atoms with Crippen LogP contribution in [0.5, 0.6) is 0 Å². The van der Waals surface area contributed by atoms with Gasteiger partial charge in [-0.25, -0.2) is 0 Å². The van der Waals surface area contributed by atoms with Gasteiger partial charge in [-0.05, 0) is 6.08 Å². The Kier molecular flexibility index (Phi) is 2.90. The van der Waals surface area contributed by atoms with Gasteiger partial charge in [-0.1, -0.05) is 0 Å². The van der Waals surface area contributed by atoms with E-state index < -0.39 is 0 Å². The first-order valence-corrected chi connectivity index (χ1v) is 5.60. The van der Waals surface area contributed by atoms with Crippen LogP contribution in [0.25, 0.3) is 0 Å². The van der Waals surface area contributed by atoms with E-state index >= 15 is 0 Å². The molecule has 13 heavy (non-hydrogen) atoms. The van der Waals surface area contributed by atoms with Crippen LogP contribution in [0.1, 0.15) is 6.42 Å². The fourth-order valence-corrected chi connectivity index (χ4v) is 2.23. The van der Waals surface area contributed by atoms with Gasteiger partial charge in [0.1, 0.15) is 6.10 Å². The number of carbonyl (C=O) groups is 1. The molecule has 1 fully saturated rings. The quantitative estimate of drug-likeness (QED) is 0.666. The fraction of sp³-hybridized carbons (Fsp3) is 0.667. The second-order valence-electron chi connectivity index (χ2n) is 3.00. The summed E-state index contributed by atoms with van der Waals surface area (Å²) in [6, 6.07) is 0. The second kappa shape index (κ2) is 4.15. The number of ether oxygens (including phenoxy) is 2. The maximum Gasteiger partial charge on any atom is 0.226 e. The van der Waals surface area contributed by atoms with Crippen LogP contribution in [-0.2, 0) is 14.3 Å². The minimum Gasteiger partial charge on any atom is -0.490 e. The van der Waals surface area contributed by atoms with E-state index in [4.69, 9.17) is 9.47 Å². The largest absolute Gasteiger partial charge is 0.490 e. The third-order valence-electron chi connectivity index (χ3n) is 2.06. The highest BCUT2D eigenvalue weighted by Gasteiger charge is 2.27. The zero-order valence-electron chi connectivity index (χ0n) is 7.32. The van der Waals surface area contributed by atoms with Crippen molar-refractivity contribution in [2.45, 2.75) is 12.5 Å². The molecule has 72 valence electrons. The average molecular weight is 200 g/mol. The Balaban J connectivity index is 1.94. The summed E-state index contributed by atoms with van der Waals surface area (Å²) in [7, 11) is 0. The first kappa shape index (κ1) is 9.09. The van der Waals surface area contributed by atoms with Gasteiger partial charge in [-0.3, -0.25) is 4.79 Å². The summed E-state index contributed by atoms with van der Waals surface area (Å²) in [5, 5.41) is 0. The molecule has 1 atom stereocenters. The molecular weight excluding hydrogens is 188 g/mol. The van der Waals surface area contributed by atoms with Crippen molar-refractivity contribution in [3.63, 3.8) is 0 Å². The van der Waals surface area contributed by atoms with Crippen molar-refractivity contribution < 1.29 is 14.3 Å². The summed E-state index contributed by atoms with van der Waals surface area (Å²) < 4.78 is 10.6. The van der Waals surface area contributed by atoms with Crippen molar-refractivity contribution in [2.75, 3.05) is 24.7 Å². The maximum absolute atomic E-state index is 11.7. The zero-order chi connectivity index (χ0) is 9.10. The molecule has 0 bridgehead atoms. The molecule has 0 aromatic carbocycles. The minimum atomic E-state index is -0.275. The molecule has 2 aliphatic rings. The minimum absolute atomic E-state index is 0.0182. The van der Waals surface area contributed by atoms with Crippen molar-refractivity contribution in [3.05, 3.63) is 11.8 Å².